The summed E-state index contributed by atoms with van der Waals surface area (Å²) in [4.78, 5) is 13.4. The summed E-state index contributed by atoms with van der Waals surface area (Å²) < 4.78 is 0. The van der Waals surface area contributed by atoms with Gasteiger partial charge in [-0.25, -0.2) is 0 Å². The van der Waals surface area contributed by atoms with Crippen molar-refractivity contribution in [3.8, 4) is 11.1 Å². The maximum atomic E-state index is 10.6. The van der Waals surface area contributed by atoms with E-state index in [1.54, 1.807) is 0 Å². The van der Waals surface area contributed by atoms with Crippen LogP contribution in [0.5, 0.6) is 0 Å². The van der Waals surface area contributed by atoms with Crippen LogP contribution in [0.15, 0.2) is 59.7 Å². The van der Waals surface area contributed by atoms with Gasteiger partial charge < -0.3 is 5.11 Å². The number of nitrogens with zero attached hydrogens (tertiary/aromatic N) is 3. The van der Waals surface area contributed by atoms with Crippen molar-refractivity contribution in [1.29, 1.82) is 0 Å². The summed E-state index contributed by atoms with van der Waals surface area (Å²) in [5.41, 5.74) is 11.8. The summed E-state index contributed by atoms with van der Waals surface area (Å²) in [6.07, 6.45) is 1.10. The van der Waals surface area contributed by atoms with Crippen molar-refractivity contribution in [2.45, 2.75) is 25.3 Å². The molecule has 2 aromatic carbocycles. The van der Waals surface area contributed by atoms with E-state index in [0.717, 1.165) is 16.7 Å². The molecule has 0 saturated carbocycles. The molecule has 0 radical (unpaired) electrons. The van der Waals surface area contributed by atoms with E-state index < -0.39 is 5.97 Å². The topological polar surface area (TPSA) is 86.1 Å². The zero-order valence-corrected chi connectivity index (χ0v) is 12.1. The van der Waals surface area contributed by atoms with Gasteiger partial charge in [0.25, 0.3) is 0 Å². The van der Waals surface area contributed by atoms with Gasteiger partial charge in [0.2, 0.25) is 0 Å². The molecule has 1 unspecified atom stereocenters. The molecule has 0 aromatic heterocycles. The second-order valence-electron chi connectivity index (χ2n) is 4.99. The number of carboxylic acid groups (broad SMARTS) is 1. The van der Waals surface area contributed by atoms with Crippen LogP contribution < -0.4 is 0 Å². The molecule has 0 saturated heterocycles. The van der Waals surface area contributed by atoms with Gasteiger partial charge in [0.15, 0.2) is 0 Å². The van der Waals surface area contributed by atoms with Crippen LogP contribution in [0.4, 0.5) is 0 Å². The lowest BCUT2D eigenvalue weighted by molar-refractivity contribution is -0.137. The van der Waals surface area contributed by atoms with Crippen LogP contribution in [0.1, 0.15) is 30.9 Å². The molecule has 0 aliphatic carbocycles. The number of benzene rings is 2. The molecule has 0 amide bonds. The molecule has 22 heavy (non-hydrogen) atoms. The highest BCUT2D eigenvalue weighted by atomic mass is 16.4. The van der Waals surface area contributed by atoms with Crippen LogP contribution in [0, 0.1) is 0 Å². The Morgan fingerprint density at radius 3 is 2.32 bits per heavy atom. The molecular formula is C17H17N3O2. The Bertz CT molecular complexity index is 662. The number of azide groups is 1. The summed E-state index contributed by atoms with van der Waals surface area (Å²) in [7, 11) is 0. The van der Waals surface area contributed by atoms with Crippen molar-refractivity contribution < 1.29 is 9.90 Å². The molecule has 1 atom stereocenters. The Morgan fingerprint density at radius 1 is 1.09 bits per heavy atom. The molecule has 0 aliphatic heterocycles. The van der Waals surface area contributed by atoms with Crippen molar-refractivity contribution >= 4 is 5.97 Å². The zero-order chi connectivity index (χ0) is 15.8. The summed E-state index contributed by atoms with van der Waals surface area (Å²) in [5, 5.41) is 12.5. The summed E-state index contributed by atoms with van der Waals surface area (Å²) >= 11 is 0. The number of carboxylic acids is 1. The second-order valence-corrected chi connectivity index (χ2v) is 4.99. The fourth-order valence-electron chi connectivity index (χ4n) is 2.33. The van der Waals surface area contributed by atoms with Crippen LogP contribution in [0.25, 0.3) is 21.6 Å². The van der Waals surface area contributed by atoms with Crippen molar-refractivity contribution in [3.05, 3.63) is 70.6 Å². The fraction of sp³-hybridized carbons (Fsp3) is 0.235. The number of rotatable bonds is 7. The first-order valence-corrected chi connectivity index (χ1v) is 7.12. The zero-order valence-electron chi connectivity index (χ0n) is 12.1. The highest BCUT2D eigenvalue weighted by Gasteiger charge is 2.10. The van der Waals surface area contributed by atoms with Gasteiger partial charge in [0, 0.05) is 11.3 Å². The molecule has 0 fully saturated rings. The average molecular weight is 295 g/mol. The molecule has 0 aliphatic rings. The first kappa shape index (κ1) is 15.6. The van der Waals surface area contributed by atoms with Gasteiger partial charge in [0.05, 0.1) is 6.04 Å². The van der Waals surface area contributed by atoms with Gasteiger partial charge in [-0.1, -0.05) is 59.7 Å². The highest BCUT2D eigenvalue weighted by Crippen LogP contribution is 2.27. The minimum Gasteiger partial charge on any atom is -0.481 e. The molecule has 0 bridgehead atoms. The van der Waals surface area contributed by atoms with E-state index in [-0.39, 0.29) is 12.5 Å². The number of hydrogen-bond donors (Lipinski definition) is 1. The third-order valence-corrected chi connectivity index (χ3v) is 3.46. The van der Waals surface area contributed by atoms with Crippen molar-refractivity contribution in [1.82, 2.24) is 0 Å². The molecule has 5 heteroatoms. The fourth-order valence-corrected chi connectivity index (χ4v) is 2.33. The molecular weight excluding hydrogens is 278 g/mol. The molecule has 5 nitrogen and oxygen atoms in total. The van der Waals surface area contributed by atoms with E-state index in [9.17, 15) is 4.79 Å². The Labute approximate surface area is 128 Å². The van der Waals surface area contributed by atoms with Gasteiger partial charge in [-0.05, 0) is 35.1 Å². The Hall–Kier alpha value is -2.78. The van der Waals surface area contributed by atoms with E-state index in [1.165, 1.54) is 0 Å². The van der Waals surface area contributed by atoms with Crippen molar-refractivity contribution in [2.24, 2.45) is 5.11 Å². The monoisotopic (exact) mass is 295 g/mol. The molecule has 112 valence electrons. The van der Waals surface area contributed by atoms with Crippen LogP contribution in [0.3, 0.4) is 0 Å². The number of aliphatic carboxylic acids is 1. The quantitative estimate of drug-likeness (QED) is 0.444. The van der Waals surface area contributed by atoms with Gasteiger partial charge >= 0.3 is 5.97 Å². The molecule has 1 N–H and O–H groups in total. The average Bonchev–Trinajstić information content (AvgIpc) is 2.55. The van der Waals surface area contributed by atoms with E-state index >= 15 is 0 Å². The molecule has 2 rings (SSSR count). The number of hydrogen-bond acceptors (Lipinski definition) is 2. The van der Waals surface area contributed by atoms with Gasteiger partial charge in [-0.2, -0.15) is 0 Å². The summed E-state index contributed by atoms with van der Waals surface area (Å²) in [5.74, 6) is -0.834. The first-order chi connectivity index (χ1) is 10.7. The minimum atomic E-state index is -0.834. The third-order valence-electron chi connectivity index (χ3n) is 3.46. The number of carbonyl (C=O) groups is 1. The van der Waals surface area contributed by atoms with E-state index in [1.807, 2.05) is 54.6 Å². The summed E-state index contributed by atoms with van der Waals surface area (Å²) in [6, 6.07) is 17.5. The first-order valence-electron chi connectivity index (χ1n) is 7.12. The largest absolute Gasteiger partial charge is 0.481 e. The highest BCUT2D eigenvalue weighted by molar-refractivity contribution is 5.66. The van der Waals surface area contributed by atoms with Gasteiger partial charge in [-0.15, -0.1) is 0 Å². The second kappa shape index (κ2) is 7.86. The Balaban J connectivity index is 2.12. The standard InChI is InChI=1S/C17H17N3O2/c18-20-19-16(7-4-8-17(21)22)15-11-9-14(10-12-15)13-5-2-1-3-6-13/h1-3,5-6,9-12,16H,4,7-8H2,(H,21,22). The Morgan fingerprint density at radius 2 is 1.73 bits per heavy atom. The molecule has 2 aromatic rings. The predicted octanol–water partition coefficient (Wildman–Crippen LogP) is 4.96. The maximum Gasteiger partial charge on any atom is 0.303 e. The van der Waals surface area contributed by atoms with Crippen LogP contribution in [0.2, 0.25) is 0 Å². The maximum absolute atomic E-state index is 10.6. The van der Waals surface area contributed by atoms with Gasteiger partial charge in [0.1, 0.15) is 0 Å². The lowest BCUT2D eigenvalue weighted by atomic mass is 9.98. The SMILES string of the molecule is [N-]=[N+]=NC(CCCC(=O)O)c1ccc(-c2ccccc2)cc1. The van der Waals surface area contributed by atoms with Crippen molar-refractivity contribution in [2.75, 3.05) is 0 Å². The molecule has 0 heterocycles. The van der Waals surface area contributed by atoms with E-state index in [2.05, 4.69) is 10.0 Å². The van der Waals surface area contributed by atoms with E-state index in [4.69, 9.17) is 10.6 Å². The smallest absolute Gasteiger partial charge is 0.303 e. The van der Waals surface area contributed by atoms with Crippen LogP contribution >= 0.6 is 0 Å². The third kappa shape index (κ3) is 4.36. The van der Waals surface area contributed by atoms with Gasteiger partial charge in [-0.3, -0.25) is 4.79 Å². The lowest BCUT2D eigenvalue weighted by Crippen LogP contribution is -1.99. The van der Waals surface area contributed by atoms with E-state index in [0.29, 0.717) is 12.8 Å². The summed E-state index contributed by atoms with van der Waals surface area (Å²) in [6.45, 7) is 0. The normalized spacial score (nSPS) is 11.5. The molecule has 0 spiro atoms. The predicted molar refractivity (Wildman–Crippen MR) is 85.3 cm³/mol. The van der Waals surface area contributed by atoms with Crippen LogP contribution in [-0.4, -0.2) is 11.1 Å². The van der Waals surface area contributed by atoms with Crippen molar-refractivity contribution in [3.63, 3.8) is 0 Å². The lowest BCUT2D eigenvalue weighted by Gasteiger charge is -2.11. The Kier molecular flexibility index (Phi) is 5.57. The van der Waals surface area contributed by atoms with Crippen LogP contribution in [-0.2, 0) is 4.79 Å². The minimum absolute atomic E-state index is 0.0829.